The van der Waals surface area contributed by atoms with Crippen molar-refractivity contribution in [2.24, 2.45) is 85.3 Å². The van der Waals surface area contributed by atoms with Gasteiger partial charge in [0.1, 0.15) is 5.70 Å². The van der Waals surface area contributed by atoms with Gasteiger partial charge in [-0.05, 0) is 191 Å². The summed E-state index contributed by atoms with van der Waals surface area (Å²) in [5.74, 6) is 5.83. The van der Waals surface area contributed by atoms with Crippen LogP contribution in [0.5, 0.6) is 0 Å². The quantitative estimate of drug-likeness (QED) is 0.0705. The molecule has 0 radical (unpaired) electrons. The van der Waals surface area contributed by atoms with E-state index in [1.807, 2.05) is 25.0 Å². The molecular weight excluding hydrogens is 745 g/mol. The van der Waals surface area contributed by atoms with Crippen LogP contribution in [0.25, 0.3) is 0 Å². The van der Waals surface area contributed by atoms with E-state index in [0.29, 0.717) is 44.2 Å². The molecule has 1 amide bonds. The molecule has 11 atom stereocenters. The second-order valence-electron chi connectivity index (χ2n) is 23.4. The number of hydrazone groups is 1. The molecule has 3 fully saturated rings. The molecule has 0 aromatic heterocycles. The molecule has 0 aromatic rings. The number of fused-ring (bicyclic) bond motifs is 5. The van der Waals surface area contributed by atoms with Crippen molar-refractivity contribution in [1.29, 1.82) is 0 Å². The minimum atomic E-state index is -0.472. The number of amides is 1. The molecule has 348 valence electrons. The highest BCUT2D eigenvalue weighted by Crippen LogP contribution is 2.76. The molecule has 7 rings (SSSR count). The van der Waals surface area contributed by atoms with Gasteiger partial charge in [0.05, 0.1) is 0 Å². The van der Waals surface area contributed by atoms with Crippen molar-refractivity contribution in [3.05, 3.63) is 46.2 Å². The molecule has 0 aromatic carbocycles. The van der Waals surface area contributed by atoms with E-state index < -0.39 is 5.91 Å². The highest BCUT2D eigenvalue weighted by Gasteiger charge is 2.67. The Hall–Kier alpha value is -2.14. The Balaban J connectivity index is 0.000000307. The first kappa shape index (κ1) is 51.5. The predicted molar refractivity (Wildman–Crippen MR) is 265 cm³/mol. The van der Waals surface area contributed by atoms with Gasteiger partial charge in [-0.25, -0.2) is 0 Å². The fraction of sp³-hybridized carbons (Fsp3) is 0.821. The maximum absolute atomic E-state index is 10.8. The van der Waals surface area contributed by atoms with Crippen LogP contribution in [0, 0.1) is 74.4 Å². The first-order chi connectivity index (χ1) is 28.5. The zero-order chi connectivity index (χ0) is 45.9. The second-order valence-corrected chi connectivity index (χ2v) is 23.4. The van der Waals surface area contributed by atoms with Crippen molar-refractivity contribution in [1.82, 2.24) is 10.7 Å². The minimum absolute atomic E-state index is 0.325. The van der Waals surface area contributed by atoms with Crippen molar-refractivity contribution in [3.8, 4) is 0 Å². The second kappa shape index (κ2) is 19.9. The van der Waals surface area contributed by atoms with E-state index in [4.69, 9.17) is 5.73 Å². The van der Waals surface area contributed by atoms with Crippen LogP contribution in [0.15, 0.2) is 51.3 Å². The summed E-state index contributed by atoms with van der Waals surface area (Å²) in [4.78, 5) is 10.8. The molecule has 0 heterocycles. The molecule has 7 aliphatic rings. The third-order valence-electron chi connectivity index (χ3n) is 19.6. The van der Waals surface area contributed by atoms with Gasteiger partial charge in [-0.3, -0.25) is 10.2 Å². The van der Waals surface area contributed by atoms with E-state index in [0.717, 1.165) is 60.0 Å². The number of allylic oxidation sites excluding steroid dienone is 7. The van der Waals surface area contributed by atoms with Crippen LogP contribution in [0.4, 0.5) is 0 Å². The number of nitrogens with one attached hydrogen (secondary N) is 2. The Bertz CT molecular complexity index is 1680. The van der Waals surface area contributed by atoms with E-state index in [-0.39, 0.29) is 0 Å². The summed E-state index contributed by atoms with van der Waals surface area (Å²) in [5, 5.41) is 7.24. The maximum atomic E-state index is 10.8. The summed E-state index contributed by atoms with van der Waals surface area (Å²) < 4.78 is 0. The number of rotatable bonds is 14. The van der Waals surface area contributed by atoms with Gasteiger partial charge in [0.2, 0.25) is 0 Å². The van der Waals surface area contributed by atoms with Gasteiger partial charge in [-0.1, -0.05) is 138 Å². The maximum Gasteiger partial charge on any atom is 0.266 e. The number of nitrogens with zero attached hydrogens (tertiary/aromatic N) is 1. The van der Waals surface area contributed by atoms with Crippen LogP contribution in [-0.4, -0.2) is 24.2 Å². The van der Waals surface area contributed by atoms with E-state index in [2.05, 4.69) is 138 Å². The van der Waals surface area contributed by atoms with E-state index in [1.165, 1.54) is 77.0 Å². The standard InChI is InChI=1S/C39H62.C9H21N.C8H15N3O/c1-11-12-31-30-19-29(20-30)23-35(31,8)34-14-13-32-33(37(34,10)26(4)5)15-16-39-22-27(6)21-38(24-39,28(7)25(2)3)18-17-36(32,39)9;1-6-9(5,8(3)4)10-7-2;1-4-6(3)7(8(9)12)11-10-5-2/h15,19,22,25-26,28-29,31-32,34H,11-14,16-18,20-21,23-24H2,1-10H3;8,10H,6-7H2,1-5H3;5,11H,4H2,1-3H3,(H2,9,12)/b;;7-6+,10-5-/t28-,29?,31?,32?,34?,35-,36?,37?,38-,39-;9-;/m10./s1. The molecule has 61 heavy (non-hydrogen) atoms. The molecule has 7 aliphatic carbocycles. The molecular formula is C56H98N4O. The molecule has 4 N–H and O–H groups in total. The summed E-state index contributed by atoms with van der Waals surface area (Å²) in [6, 6.07) is 0. The van der Waals surface area contributed by atoms with Crippen molar-refractivity contribution < 1.29 is 4.79 Å². The van der Waals surface area contributed by atoms with Gasteiger partial charge in [0.25, 0.3) is 5.91 Å². The smallest absolute Gasteiger partial charge is 0.266 e. The average molecular weight is 843 g/mol. The average Bonchev–Trinajstić information content (AvgIpc) is 3.18. The third-order valence-corrected chi connectivity index (χ3v) is 19.6. The summed E-state index contributed by atoms with van der Waals surface area (Å²) in [6.07, 6.45) is 27.5. The van der Waals surface area contributed by atoms with Gasteiger partial charge in [-0.2, -0.15) is 5.10 Å². The lowest BCUT2D eigenvalue weighted by Crippen LogP contribution is -2.61. The van der Waals surface area contributed by atoms with Crippen LogP contribution in [0.1, 0.15) is 208 Å². The first-order valence-electron chi connectivity index (χ1n) is 25.5. The Morgan fingerprint density at radius 3 is 2.18 bits per heavy atom. The van der Waals surface area contributed by atoms with Crippen LogP contribution in [0.2, 0.25) is 0 Å². The van der Waals surface area contributed by atoms with E-state index >= 15 is 0 Å². The Morgan fingerprint density at radius 2 is 1.69 bits per heavy atom. The molecule has 5 nitrogen and oxygen atoms in total. The lowest BCUT2D eigenvalue weighted by molar-refractivity contribution is -0.133. The molecule has 3 saturated carbocycles. The summed E-state index contributed by atoms with van der Waals surface area (Å²) in [5.41, 5.74) is 16.9. The van der Waals surface area contributed by atoms with Gasteiger partial charge >= 0.3 is 0 Å². The van der Waals surface area contributed by atoms with Crippen molar-refractivity contribution in [2.45, 2.75) is 214 Å². The van der Waals surface area contributed by atoms with Crippen molar-refractivity contribution in [2.75, 3.05) is 6.54 Å². The summed E-state index contributed by atoms with van der Waals surface area (Å²) in [7, 11) is 0. The van der Waals surface area contributed by atoms with Crippen LogP contribution in [-0.2, 0) is 4.79 Å². The van der Waals surface area contributed by atoms with E-state index in [1.54, 1.807) is 18.7 Å². The number of hydrogen-bond donors (Lipinski definition) is 3. The fourth-order valence-corrected chi connectivity index (χ4v) is 14.8. The van der Waals surface area contributed by atoms with E-state index in [9.17, 15) is 4.79 Å². The third kappa shape index (κ3) is 9.50. The fourth-order valence-electron chi connectivity index (χ4n) is 14.8. The highest BCUT2D eigenvalue weighted by atomic mass is 16.1. The SMILES string of the molecule is C/C=N\N/C(C(N)=O)=C(\C)CC.CCCC1C2=CC(C2)C[C@@]1(C)C1CCC2C(=CC[C@]34C=C(C)C[C@]([C@H](C)C(C)C)(CCC23C)C4)C1(C)C(C)C.CCN[C@@](C)(CC)C(C)C. The number of nitrogens with two attached hydrogens (primary N) is 1. The van der Waals surface area contributed by atoms with Gasteiger partial charge in [-0.15, -0.1) is 0 Å². The predicted octanol–water partition coefficient (Wildman–Crippen LogP) is 14.8. The molecule has 5 heteroatoms. The molecule has 0 saturated heterocycles. The van der Waals surface area contributed by atoms with Crippen molar-refractivity contribution >= 4 is 12.1 Å². The topological polar surface area (TPSA) is 79.5 Å². The number of hydrogen-bond acceptors (Lipinski definition) is 4. The molecule has 0 aliphatic heterocycles. The van der Waals surface area contributed by atoms with Crippen LogP contribution in [0.3, 0.4) is 0 Å². The first-order valence-corrected chi connectivity index (χ1v) is 25.5. The molecule has 4 bridgehead atoms. The zero-order valence-electron chi connectivity index (χ0n) is 43.3. The number of carbonyl (C=O) groups is 1. The molecule has 1 spiro atoms. The van der Waals surface area contributed by atoms with Crippen LogP contribution >= 0.6 is 0 Å². The zero-order valence-corrected chi connectivity index (χ0v) is 43.3. The Kier molecular flexibility index (Phi) is 16.8. The lowest BCUT2D eigenvalue weighted by atomic mass is 9.34. The van der Waals surface area contributed by atoms with Gasteiger partial charge in [0.15, 0.2) is 0 Å². The Labute approximate surface area is 377 Å². The van der Waals surface area contributed by atoms with Crippen molar-refractivity contribution in [3.63, 3.8) is 0 Å². The number of primary amides is 1. The lowest BCUT2D eigenvalue weighted by Gasteiger charge is -2.70. The monoisotopic (exact) mass is 843 g/mol. The van der Waals surface area contributed by atoms with Gasteiger partial charge in [0, 0.05) is 11.8 Å². The normalized spacial score (nSPS) is 37.0. The summed E-state index contributed by atoms with van der Waals surface area (Å²) >= 11 is 0. The minimum Gasteiger partial charge on any atom is -0.364 e. The largest absolute Gasteiger partial charge is 0.364 e. The summed E-state index contributed by atoms with van der Waals surface area (Å²) in [6.45, 7) is 43.8. The molecule has 6 unspecified atom stereocenters. The highest BCUT2D eigenvalue weighted by molar-refractivity contribution is 5.92. The Morgan fingerprint density at radius 1 is 1.03 bits per heavy atom. The van der Waals surface area contributed by atoms with Gasteiger partial charge < -0.3 is 11.1 Å². The van der Waals surface area contributed by atoms with Crippen LogP contribution < -0.4 is 16.5 Å². The number of carbonyl (C=O) groups excluding carboxylic acids is 1.